The van der Waals surface area contributed by atoms with Crippen LogP contribution in [0.2, 0.25) is 0 Å². The molecule has 2 aliphatic rings. The van der Waals surface area contributed by atoms with Gasteiger partial charge in [0.05, 0.1) is 13.2 Å². The van der Waals surface area contributed by atoms with Gasteiger partial charge in [0, 0.05) is 0 Å². The molecule has 2 aromatic rings. The van der Waals surface area contributed by atoms with Crippen LogP contribution in [0.3, 0.4) is 0 Å². The normalized spacial score (nSPS) is 21.0. The highest BCUT2D eigenvalue weighted by atomic mass is 16.5. The molecule has 0 spiro atoms. The Bertz CT molecular complexity index is 1000. The number of nitrogens with zero attached hydrogens (tertiary/aromatic N) is 1. The summed E-state index contributed by atoms with van der Waals surface area (Å²) in [4.78, 5) is 40.4. The minimum atomic E-state index is -1.12. The number of hydrogen-bond donors (Lipinski definition) is 2. The molecule has 1 saturated heterocycles. The van der Waals surface area contributed by atoms with E-state index in [-0.39, 0.29) is 24.4 Å². The molecule has 2 fully saturated rings. The number of nitrogens with one attached hydrogen (secondary N) is 2. The maximum absolute atomic E-state index is 13.5. The fourth-order valence-electron chi connectivity index (χ4n) is 4.52. The molecule has 4 amide bonds. The number of imide groups is 1. The van der Waals surface area contributed by atoms with Crippen molar-refractivity contribution >= 4 is 17.8 Å². The number of methoxy groups -OCH3 is 1. The van der Waals surface area contributed by atoms with Crippen molar-refractivity contribution in [2.75, 3.05) is 13.7 Å². The lowest BCUT2D eigenvalue weighted by Gasteiger charge is -2.27. The van der Waals surface area contributed by atoms with E-state index < -0.39 is 11.6 Å². The molecule has 0 bridgehead atoms. The predicted molar refractivity (Wildman–Crippen MR) is 124 cm³/mol. The zero-order valence-electron chi connectivity index (χ0n) is 19.2. The summed E-state index contributed by atoms with van der Waals surface area (Å²) in [5, 5.41) is 5.96. The van der Waals surface area contributed by atoms with E-state index in [0.717, 1.165) is 47.5 Å². The molecule has 4 rings (SSSR count). The van der Waals surface area contributed by atoms with Gasteiger partial charge in [-0.25, -0.2) is 4.79 Å². The van der Waals surface area contributed by atoms with Crippen LogP contribution in [0.1, 0.15) is 56.2 Å². The highest BCUT2D eigenvalue weighted by molar-refractivity contribution is 6.09. The van der Waals surface area contributed by atoms with Crippen LogP contribution in [0.15, 0.2) is 54.6 Å². The molecule has 1 heterocycles. The minimum Gasteiger partial charge on any atom is -0.497 e. The maximum atomic E-state index is 13.5. The highest BCUT2D eigenvalue weighted by Crippen LogP contribution is 2.41. The summed E-state index contributed by atoms with van der Waals surface area (Å²) in [5.41, 5.74) is 0.611. The highest BCUT2D eigenvalue weighted by Gasteiger charge is 2.52. The number of carbonyl (C=O) groups is 3. The predicted octanol–water partition coefficient (Wildman–Crippen LogP) is 3.90. The van der Waals surface area contributed by atoms with Crippen LogP contribution in [0.4, 0.5) is 4.79 Å². The third-order valence-electron chi connectivity index (χ3n) is 6.53. The fourth-order valence-corrected chi connectivity index (χ4v) is 4.52. The molecule has 2 unspecified atom stereocenters. The maximum Gasteiger partial charge on any atom is 0.325 e. The quantitative estimate of drug-likeness (QED) is 0.539. The van der Waals surface area contributed by atoms with Crippen LogP contribution in [-0.2, 0) is 15.1 Å². The smallest absolute Gasteiger partial charge is 0.325 e. The zero-order valence-corrected chi connectivity index (χ0v) is 19.2. The molecule has 7 heteroatoms. The molecule has 0 radical (unpaired) electrons. The first kappa shape index (κ1) is 22.8. The minimum absolute atomic E-state index is 0.150. The molecule has 0 aromatic heterocycles. The second kappa shape index (κ2) is 9.65. The Labute approximate surface area is 194 Å². The van der Waals surface area contributed by atoms with Crippen molar-refractivity contribution in [3.8, 4) is 5.75 Å². The number of amides is 4. The van der Waals surface area contributed by atoms with Gasteiger partial charge in [0.2, 0.25) is 5.91 Å². The third kappa shape index (κ3) is 4.72. The zero-order chi connectivity index (χ0) is 23.4. The van der Waals surface area contributed by atoms with Crippen LogP contribution in [-0.4, -0.2) is 36.4 Å². The van der Waals surface area contributed by atoms with E-state index in [0.29, 0.717) is 12.3 Å². The molecule has 2 N–H and O–H groups in total. The fraction of sp³-hybridized carbons (Fsp3) is 0.423. The summed E-state index contributed by atoms with van der Waals surface area (Å²) >= 11 is 0. The van der Waals surface area contributed by atoms with Crippen LogP contribution < -0.4 is 15.4 Å². The van der Waals surface area contributed by atoms with Gasteiger partial charge in [-0.1, -0.05) is 62.2 Å². The van der Waals surface area contributed by atoms with E-state index in [1.165, 1.54) is 0 Å². The summed E-state index contributed by atoms with van der Waals surface area (Å²) in [6.07, 6.45) is 4.24. The molecule has 33 heavy (non-hydrogen) atoms. The van der Waals surface area contributed by atoms with Gasteiger partial charge >= 0.3 is 6.03 Å². The van der Waals surface area contributed by atoms with Crippen molar-refractivity contribution in [3.63, 3.8) is 0 Å². The largest absolute Gasteiger partial charge is 0.497 e. The van der Waals surface area contributed by atoms with Crippen molar-refractivity contribution in [2.45, 2.75) is 50.6 Å². The second-order valence-corrected chi connectivity index (χ2v) is 8.85. The Balaban J connectivity index is 1.50. The van der Waals surface area contributed by atoms with Crippen molar-refractivity contribution in [1.82, 2.24) is 15.5 Å². The molecule has 1 saturated carbocycles. The van der Waals surface area contributed by atoms with Gasteiger partial charge in [-0.05, 0) is 48.4 Å². The molecule has 7 nitrogen and oxygen atoms in total. The van der Waals surface area contributed by atoms with Crippen LogP contribution in [0, 0.1) is 5.92 Å². The molecular formula is C26H31N3O4. The van der Waals surface area contributed by atoms with Gasteiger partial charge in [0.25, 0.3) is 5.91 Å². The first-order valence-corrected chi connectivity index (χ1v) is 11.6. The first-order valence-electron chi connectivity index (χ1n) is 11.6. The molecule has 2 atom stereocenters. The number of unbranched alkanes of at least 4 members (excludes halogenated alkanes) is 1. The Morgan fingerprint density at radius 3 is 2.45 bits per heavy atom. The average Bonchev–Trinajstić information content (AvgIpc) is 3.65. The summed E-state index contributed by atoms with van der Waals surface area (Å²) < 4.78 is 5.23. The van der Waals surface area contributed by atoms with Gasteiger partial charge in [0.1, 0.15) is 17.8 Å². The Kier molecular flexibility index (Phi) is 6.67. The molecule has 174 valence electrons. The van der Waals surface area contributed by atoms with E-state index in [1.807, 2.05) is 61.5 Å². The first-order chi connectivity index (χ1) is 16.0. The lowest BCUT2D eigenvalue weighted by molar-refractivity contribution is -0.135. The Hall–Kier alpha value is -3.35. The van der Waals surface area contributed by atoms with Crippen LogP contribution in [0.5, 0.6) is 5.75 Å². The second-order valence-electron chi connectivity index (χ2n) is 8.85. The standard InChI is InChI=1S/C26H31N3O4/c1-3-4-16-26(20-8-6-5-7-9-20)24(31)29(25(32)28-26)17-22(30)27-23(18-10-11-18)19-12-14-21(33-2)15-13-19/h5-9,12-15,18,23H,3-4,10-11,16-17H2,1-2H3,(H,27,30)(H,28,32). The monoisotopic (exact) mass is 449 g/mol. The number of urea groups is 1. The van der Waals surface area contributed by atoms with Gasteiger partial charge in [-0.15, -0.1) is 0 Å². The molecule has 1 aliphatic carbocycles. The van der Waals surface area contributed by atoms with Crippen LogP contribution >= 0.6 is 0 Å². The SMILES string of the molecule is CCCCC1(c2ccccc2)NC(=O)N(CC(=O)NC(c2ccc(OC)cc2)C2CC2)C1=O. The average molecular weight is 450 g/mol. The number of rotatable bonds is 10. The van der Waals surface area contributed by atoms with Crippen molar-refractivity contribution in [3.05, 3.63) is 65.7 Å². The summed E-state index contributed by atoms with van der Waals surface area (Å²) in [7, 11) is 1.61. The van der Waals surface area contributed by atoms with Gasteiger partial charge < -0.3 is 15.4 Å². The molecular weight excluding hydrogens is 418 g/mol. The third-order valence-corrected chi connectivity index (χ3v) is 6.53. The number of hydrogen-bond acceptors (Lipinski definition) is 4. The summed E-state index contributed by atoms with van der Waals surface area (Å²) in [5.74, 6) is 0.405. The summed E-state index contributed by atoms with van der Waals surface area (Å²) in [6, 6.07) is 16.2. The van der Waals surface area contributed by atoms with E-state index >= 15 is 0 Å². The lowest BCUT2D eigenvalue weighted by Crippen LogP contribution is -2.45. The van der Waals surface area contributed by atoms with Crippen LogP contribution in [0.25, 0.3) is 0 Å². The van der Waals surface area contributed by atoms with Gasteiger partial charge in [0.15, 0.2) is 0 Å². The van der Waals surface area contributed by atoms with E-state index in [4.69, 9.17) is 4.74 Å². The molecule has 2 aromatic carbocycles. The van der Waals surface area contributed by atoms with E-state index in [9.17, 15) is 14.4 Å². The van der Waals surface area contributed by atoms with Crippen molar-refractivity contribution in [1.29, 1.82) is 0 Å². The lowest BCUT2D eigenvalue weighted by atomic mass is 9.85. The van der Waals surface area contributed by atoms with Crippen molar-refractivity contribution in [2.24, 2.45) is 5.92 Å². The Morgan fingerprint density at radius 1 is 1.15 bits per heavy atom. The van der Waals surface area contributed by atoms with E-state index in [2.05, 4.69) is 10.6 Å². The van der Waals surface area contributed by atoms with E-state index in [1.54, 1.807) is 7.11 Å². The Morgan fingerprint density at radius 2 is 1.85 bits per heavy atom. The number of benzene rings is 2. The van der Waals surface area contributed by atoms with Crippen molar-refractivity contribution < 1.29 is 19.1 Å². The van der Waals surface area contributed by atoms with Gasteiger partial charge in [-0.2, -0.15) is 0 Å². The molecule has 1 aliphatic heterocycles. The topological polar surface area (TPSA) is 87.7 Å². The van der Waals surface area contributed by atoms with Gasteiger partial charge in [-0.3, -0.25) is 14.5 Å². The summed E-state index contributed by atoms with van der Waals surface area (Å²) in [6.45, 7) is 1.74. The number of ether oxygens (including phenoxy) is 1. The number of carbonyl (C=O) groups excluding carboxylic acids is 3.